The molecule has 0 saturated heterocycles. The maximum atomic E-state index is 13.5. The van der Waals surface area contributed by atoms with E-state index in [1.807, 2.05) is 67.6 Å². The highest BCUT2D eigenvalue weighted by molar-refractivity contribution is 6.35. The number of carbonyl (C=O) groups is 2. The van der Waals surface area contributed by atoms with E-state index in [4.69, 9.17) is 28.3 Å². The number of hydrogen-bond acceptors (Lipinski definition) is 3. The second-order valence-corrected chi connectivity index (χ2v) is 11.1. The van der Waals surface area contributed by atoms with Gasteiger partial charge in [-0.2, -0.15) is 5.10 Å². The fourth-order valence-electron chi connectivity index (χ4n) is 3.94. The average Bonchev–Trinajstić information content (AvgIpc) is 3.28. The fraction of sp³-hybridized carbons (Fsp3) is 0.233. The summed E-state index contributed by atoms with van der Waals surface area (Å²) >= 11 is 12.3. The Bertz CT molecular complexity index is 1420. The second-order valence-electron chi connectivity index (χ2n) is 10.3. The van der Waals surface area contributed by atoms with Crippen molar-refractivity contribution in [3.8, 4) is 5.69 Å². The van der Waals surface area contributed by atoms with Crippen LogP contribution in [-0.2, 0) is 16.8 Å². The van der Waals surface area contributed by atoms with Gasteiger partial charge in [-0.1, -0.05) is 92.0 Å². The number of halogens is 2. The maximum absolute atomic E-state index is 13.5. The minimum Gasteiger partial charge on any atom is -0.325 e. The molecule has 0 aliphatic carbocycles. The molecule has 0 aliphatic rings. The van der Waals surface area contributed by atoms with Crippen molar-refractivity contribution in [1.29, 1.82) is 0 Å². The first kappa shape index (κ1) is 27.4. The zero-order chi connectivity index (χ0) is 27.4. The van der Waals surface area contributed by atoms with E-state index >= 15 is 0 Å². The van der Waals surface area contributed by atoms with Gasteiger partial charge in [0, 0.05) is 33.6 Å². The van der Waals surface area contributed by atoms with Gasteiger partial charge in [0.15, 0.2) is 0 Å². The summed E-state index contributed by atoms with van der Waals surface area (Å²) in [5.74, 6) is -0.173. The summed E-state index contributed by atoms with van der Waals surface area (Å²) in [6.45, 7) is 8.27. The van der Waals surface area contributed by atoms with Crippen molar-refractivity contribution < 1.29 is 9.59 Å². The number of carbonyl (C=O) groups excluding carboxylic acids is 2. The molecule has 0 bridgehead atoms. The SMILES string of the molecule is Cc1ccc(-n2nc(C(C)(C)C)cc2NC(=O)CN(Cc2ccccc2)C(=O)c2cc(Cl)cc(Cl)c2)cc1. The number of aromatic nitrogens is 2. The van der Waals surface area contributed by atoms with Crippen LogP contribution in [0.1, 0.15) is 48.0 Å². The van der Waals surface area contributed by atoms with E-state index in [0.717, 1.165) is 22.5 Å². The van der Waals surface area contributed by atoms with Gasteiger partial charge in [-0.05, 0) is 42.8 Å². The third kappa shape index (κ3) is 6.82. The van der Waals surface area contributed by atoms with Gasteiger partial charge in [-0.15, -0.1) is 0 Å². The van der Waals surface area contributed by atoms with E-state index in [1.54, 1.807) is 22.9 Å². The quantitative estimate of drug-likeness (QED) is 0.268. The maximum Gasteiger partial charge on any atom is 0.254 e. The Morgan fingerprint density at radius 1 is 0.921 bits per heavy atom. The third-order valence-electron chi connectivity index (χ3n) is 5.97. The standard InChI is InChI=1S/C30H30Cl2N4O2/c1-20-10-12-25(13-11-20)36-27(17-26(34-36)30(2,3)4)33-28(37)19-35(18-21-8-6-5-7-9-21)29(38)22-14-23(31)16-24(32)15-22/h5-17H,18-19H2,1-4H3,(H,33,37). The van der Waals surface area contributed by atoms with E-state index in [0.29, 0.717) is 21.4 Å². The highest BCUT2D eigenvalue weighted by Gasteiger charge is 2.24. The summed E-state index contributed by atoms with van der Waals surface area (Å²) in [7, 11) is 0. The van der Waals surface area contributed by atoms with Crippen molar-refractivity contribution in [2.45, 2.75) is 39.7 Å². The van der Waals surface area contributed by atoms with Crippen LogP contribution >= 0.6 is 23.2 Å². The van der Waals surface area contributed by atoms with Gasteiger partial charge in [0.05, 0.1) is 11.4 Å². The molecule has 3 aromatic carbocycles. The molecular weight excluding hydrogens is 519 g/mol. The topological polar surface area (TPSA) is 67.2 Å². The van der Waals surface area contributed by atoms with Crippen LogP contribution < -0.4 is 5.32 Å². The molecule has 0 saturated carbocycles. The Balaban J connectivity index is 1.63. The number of nitrogens with zero attached hydrogens (tertiary/aromatic N) is 3. The lowest BCUT2D eigenvalue weighted by molar-refractivity contribution is -0.117. The molecule has 6 nitrogen and oxygen atoms in total. The fourth-order valence-corrected chi connectivity index (χ4v) is 4.46. The van der Waals surface area contributed by atoms with E-state index in [2.05, 4.69) is 26.1 Å². The largest absolute Gasteiger partial charge is 0.325 e. The molecule has 1 heterocycles. The van der Waals surface area contributed by atoms with Crippen molar-refractivity contribution in [1.82, 2.24) is 14.7 Å². The number of hydrogen-bond donors (Lipinski definition) is 1. The number of anilines is 1. The highest BCUT2D eigenvalue weighted by Crippen LogP contribution is 2.27. The molecule has 4 rings (SSSR count). The van der Waals surface area contributed by atoms with Crippen LogP contribution in [-0.4, -0.2) is 33.0 Å². The summed E-state index contributed by atoms with van der Waals surface area (Å²) in [4.78, 5) is 28.4. The van der Waals surface area contributed by atoms with Gasteiger partial charge in [-0.25, -0.2) is 4.68 Å². The van der Waals surface area contributed by atoms with Crippen molar-refractivity contribution in [2.24, 2.45) is 0 Å². The highest BCUT2D eigenvalue weighted by atomic mass is 35.5. The van der Waals surface area contributed by atoms with Crippen LogP contribution in [0.3, 0.4) is 0 Å². The Hall–Kier alpha value is -3.61. The first-order chi connectivity index (χ1) is 18.0. The van der Waals surface area contributed by atoms with Gasteiger partial charge in [-0.3, -0.25) is 9.59 Å². The van der Waals surface area contributed by atoms with Crippen LogP contribution in [0.5, 0.6) is 0 Å². The molecule has 196 valence electrons. The van der Waals surface area contributed by atoms with Gasteiger partial charge in [0.1, 0.15) is 12.4 Å². The first-order valence-corrected chi connectivity index (χ1v) is 13.0. The summed E-state index contributed by atoms with van der Waals surface area (Å²) in [6.07, 6.45) is 0. The van der Waals surface area contributed by atoms with Crippen LogP contribution in [0.4, 0.5) is 5.82 Å². The first-order valence-electron chi connectivity index (χ1n) is 12.3. The molecule has 38 heavy (non-hydrogen) atoms. The number of aryl methyl sites for hydroxylation is 1. The molecule has 0 radical (unpaired) electrons. The monoisotopic (exact) mass is 548 g/mol. The second kappa shape index (κ2) is 11.4. The van der Waals surface area contributed by atoms with E-state index < -0.39 is 0 Å². The molecular formula is C30H30Cl2N4O2. The number of nitrogens with one attached hydrogen (secondary N) is 1. The molecule has 0 unspecified atom stereocenters. The Labute approximate surface area is 233 Å². The van der Waals surface area contributed by atoms with Gasteiger partial charge < -0.3 is 10.2 Å². The van der Waals surface area contributed by atoms with E-state index in [9.17, 15) is 9.59 Å². The van der Waals surface area contributed by atoms with Crippen molar-refractivity contribution in [2.75, 3.05) is 11.9 Å². The molecule has 1 N–H and O–H groups in total. The Morgan fingerprint density at radius 2 is 1.55 bits per heavy atom. The van der Waals surface area contributed by atoms with Crippen LogP contribution in [0, 0.1) is 6.92 Å². The van der Waals surface area contributed by atoms with Gasteiger partial charge in [0.2, 0.25) is 5.91 Å². The van der Waals surface area contributed by atoms with Crippen molar-refractivity contribution in [3.05, 3.63) is 111 Å². The summed E-state index contributed by atoms with van der Waals surface area (Å²) in [5.41, 5.74) is 3.76. The zero-order valence-electron chi connectivity index (χ0n) is 21.8. The number of rotatable bonds is 7. The molecule has 8 heteroatoms. The number of amides is 2. The molecule has 1 aromatic heterocycles. The van der Waals surface area contributed by atoms with Crippen molar-refractivity contribution >= 4 is 40.8 Å². The van der Waals surface area contributed by atoms with Crippen LogP contribution in [0.15, 0.2) is 78.9 Å². The van der Waals surface area contributed by atoms with Gasteiger partial charge in [0.25, 0.3) is 5.91 Å². The molecule has 0 spiro atoms. The Kier molecular flexibility index (Phi) is 8.24. The van der Waals surface area contributed by atoms with Crippen LogP contribution in [0.2, 0.25) is 10.0 Å². The summed E-state index contributed by atoms with van der Waals surface area (Å²) in [5, 5.41) is 8.45. The van der Waals surface area contributed by atoms with E-state index in [1.165, 1.54) is 4.90 Å². The molecule has 4 aromatic rings. The lowest BCUT2D eigenvalue weighted by Gasteiger charge is -2.23. The minimum absolute atomic E-state index is 0.179. The lowest BCUT2D eigenvalue weighted by atomic mass is 9.92. The molecule has 0 fully saturated rings. The molecule has 0 aliphatic heterocycles. The lowest BCUT2D eigenvalue weighted by Crippen LogP contribution is -2.37. The predicted molar refractivity (Wildman–Crippen MR) is 153 cm³/mol. The predicted octanol–water partition coefficient (Wildman–Crippen LogP) is 7.07. The smallest absolute Gasteiger partial charge is 0.254 e. The summed E-state index contributed by atoms with van der Waals surface area (Å²) < 4.78 is 1.72. The molecule has 0 atom stereocenters. The number of benzene rings is 3. The van der Waals surface area contributed by atoms with Crippen molar-refractivity contribution in [3.63, 3.8) is 0 Å². The minimum atomic E-state index is -0.351. The zero-order valence-corrected chi connectivity index (χ0v) is 23.3. The average molecular weight is 550 g/mol. The van der Waals surface area contributed by atoms with E-state index in [-0.39, 0.29) is 30.3 Å². The third-order valence-corrected chi connectivity index (χ3v) is 6.41. The summed E-state index contributed by atoms with van der Waals surface area (Å²) in [6, 6.07) is 23.9. The van der Waals surface area contributed by atoms with Gasteiger partial charge >= 0.3 is 0 Å². The van der Waals surface area contributed by atoms with Crippen LogP contribution in [0.25, 0.3) is 5.69 Å². The normalized spacial score (nSPS) is 11.3. The Morgan fingerprint density at radius 3 is 2.16 bits per heavy atom. The molecule has 2 amide bonds.